The molecule has 19 heavy (non-hydrogen) atoms. The fraction of sp³-hybridized carbons (Fsp3) is 0. The third-order valence-corrected chi connectivity index (χ3v) is 3.16. The zero-order valence-electron chi connectivity index (χ0n) is 9.58. The number of carbonyl (C=O) groups excluding carboxylic acids is 1. The van der Waals surface area contributed by atoms with Crippen LogP contribution >= 0.6 is 27.5 Å². The second-order valence-electron chi connectivity index (χ2n) is 3.81. The first-order valence-electron chi connectivity index (χ1n) is 5.29. The van der Waals surface area contributed by atoms with Gasteiger partial charge in [0.05, 0.1) is 11.3 Å². The molecule has 1 amide bonds. The maximum Gasteiger partial charge on any atom is 0.257 e. The van der Waals surface area contributed by atoms with Gasteiger partial charge in [0.2, 0.25) is 0 Å². The van der Waals surface area contributed by atoms with Crippen molar-refractivity contribution in [1.82, 2.24) is 0 Å². The van der Waals surface area contributed by atoms with Crippen molar-refractivity contribution < 1.29 is 9.18 Å². The van der Waals surface area contributed by atoms with Crippen LogP contribution in [0.5, 0.6) is 0 Å². The van der Waals surface area contributed by atoms with Gasteiger partial charge in [0.15, 0.2) is 0 Å². The molecule has 98 valence electrons. The largest absolute Gasteiger partial charge is 0.398 e. The van der Waals surface area contributed by atoms with E-state index in [1.807, 2.05) is 0 Å². The predicted octanol–water partition coefficient (Wildman–Crippen LogP) is 4.08. The minimum atomic E-state index is -0.524. The highest BCUT2D eigenvalue weighted by Gasteiger charge is 2.12. The van der Waals surface area contributed by atoms with Gasteiger partial charge in [-0.3, -0.25) is 4.79 Å². The lowest BCUT2D eigenvalue weighted by atomic mass is 10.1. The number of anilines is 2. The van der Waals surface area contributed by atoms with Gasteiger partial charge in [-0.25, -0.2) is 4.39 Å². The first-order valence-corrected chi connectivity index (χ1v) is 6.46. The molecule has 0 bridgehead atoms. The Morgan fingerprint density at radius 2 is 2.00 bits per heavy atom. The third kappa shape index (κ3) is 3.24. The molecule has 0 heterocycles. The van der Waals surface area contributed by atoms with E-state index < -0.39 is 11.7 Å². The Bertz CT molecular complexity index is 649. The Balaban J connectivity index is 2.28. The molecule has 0 fully saturated rings. The van der Waals surface area contributed by atoms with Gasteiger partial charge >= 0.3 is 0 Å². The third-order valence-electron chi connectivity index (χ3n) is 2.43. The van der Waals surface area contributed by atoms with E-state index in [2.05, 4.69) is 21.2 Å². The summed E-state index contributed by atoms with van der Waals surface area (Å²) in [7, 11) is 0. The number of rotatable bonds is 2. The normalized spacial score (nSPS) is 10.3. The van der Waals surface area contributed by atoms with Crippen LogP contribution in [0.4, 0.5) is 15.8 Å². The molecule has 3 N–H and O–H groups in total. The second-order valence-corrected chi connectivity index (χ2v) is 5.16. The number of hydrogen-bond acceptors (Lipinski definition) is 2. The van der Waals surface area contributed by atoms with Crippen molar-refractivity contribution >= 4 is 44.8 Å². The monoisotopic (exact) mass is 342 g/mol. The summed E-state index contributed by atoms with van der Waals surface area (Å²) < 4.78 is 14.2. The topological polar surface area (TPSA) is 55.1 Å². The molecule has 0 radical (unpaired) electrons. The van der Waals surface area contributed by atoms with Crippen molar-refractivity contribution in [2.75, 3.05) is 11.1 Å². The summed E-state index contributed by atoms with van der Waals surface area (Å²) in [6.45, 7) is 0. The molecule has 0 atom stereocenters. The van der Waals surface area contributed by atoms with Gasteiger partial charge in [0, 0.05) is 15.2 Å². The highest BCUT2D eigenvalue weighted by Crippen LogP contribution is 2.23. The van der Waals surface area contributed by atoms with Gasteiger partial charge in [-0.05, 0) is 36.4 Å². The number of carbonyl (C=O) groups is 1. The molecular formula is C13H9BrClFN2O. The molecule has 0 aromatic heterocycles. The first kappa shape index (κ1) is 13.8. The fourth-order valence-electron chi connectivity index (χ4n) is 1.52. The minimum Gasteiger partial charge on any atom is -0.398 e. The Kier molecular flexibility index (Phi) is 4.07. The summed E-state index contributed by atoms with van der Waals surface area (Å²) in [6, 6.07) is 8.77. The maximum atomic E-state index is 13.5. The predicted molar refractivity (Wildman–Crippen MR) is 77.9 cm³/mol. The highest BCUT2D eigenvalue weighted by molar-refractivity contribution is 9.10. The maximum absolute atomic E-state index is 13.5. The Labute approximate surface area is 122 Å². The smallest absolute Gasteiger partial charge is 0.257 e. The molecule has 0 aliphatic carbocycles. The average Bonchev–Trinajstić information content (AvgIpc) is 2.33. The first-order chi connectivity index (χ1) is 8.97. The zero-order chi connectivity index (χ0) is 14.0. The van der Waals surface area contributed by atoms with Crippen molar-refractivity contribution in [3.63, 3.8) is 0 Å². The number of halogens is 3. The van der Waals surface area contributed by atoms with Crippen LogP contribution in [0.25, 0.3) is 0 Å². The lowest BCUT2D eigenvalue weighted by Gasteiger charge is -2.09. The van der Waals surface area contributed by atoms with Crippen LogP contribution < -0.4 is 11.1 Å². The highest BCUT2D eigenvalue weighted by atomic mass is 79.9. The molecule has 0 saturated heterocycles. The molecular weight excluding hydrogens is 335 g/mol. The Hall–Kier alpha value is -1.59. The van der Waals surface area contributed by atoms with E-state index in [9.17, 15) is 9.18 Å². The van der Waals surface area contributed by atoms with E-state index in [1.165, 1.54) is 24.3 Å². The van der Waals surface area contributed by atoms with Crippen molar-refractivity contribution in [2.24, 2.45) is 0 Å². The van der Waals surface area contributed by atoms with Crippen LogP contribution in [0.1, 0.15) is 10.4 Å². The molecule has 3 nitrogen and oxygen atoms in total. The Morgan fingerprint density at radius 1 is 1.26 bits per heavy atom. The lowest BCUT2D eigenvalue weighted by Crippen LogP contribution is -2.14. The second kappa shape index (κ2) is 5.59. The van der Waals surface area contributed by atoms with Gasteiger partial charge in [0.25, 0.3) is 5.91 Å². The quantitative estimate of drug-likeness (QED) is 0.807. The average molecular weight is 344 g/mol. The molecule has 2 aromatic rings. The summed E-state index contributed by atoms with van der Waals surface area (Å²) in [5.74, 6) is -1.02. The molecule has 0 aliphatic rings. The van der Waals surface area contributed by atoms with Crippen molar-refractivity contribution in [1.29, 1.82) is 0 Å². The zero-order valence-corrected chi connectivity index (χ0v) is 11.9. The van der Waals surface area contributed by atoms with Crippen LogP contribution in [0.3, 0.4) is 0 Å². The van der Waals surface area contributed by atoms with Crippen LogP contribution in [-0.4, -0.2) is 5.91 Å². The Morgan fingerprint density at radius 3 is 2.68 bits per heavy atom. The lowest BCUT2D eigenvalue weighted by molar-refractivity contribution is 0.102. The molecule has 6 heteroatoms. The number of nitrogen functional groups attached to an aromatic ring is 1. The van der Waals surface area contributed by atoms with Crippen LogP contribution in [0.2, 0.25) is 5.02 Å². The van der Waals surface area contributed by atoms with E-state index >= 15 is 0 Å². The molecule has 0 spiro atoms. The van der Waals surface area contributed by atoms with E-state index in [1.54, 1.807) is 12.1 Å². The van der Waals surface area contributed by atoms with E-state index in [-0.39, 0.29) is 16.9 Å². The molecule has 0 saturated carbocycles. The molecule has 0 aliphatic heterocycles. The van der Waals surface area contributed by atoms with Gasteiger partial charge in [-0.15, -0.1) is 0 Å². The van der Waals surface area contributed by atoms with Crippen LogP contribution in [0, 0.1) is 5.82 Å². The number of amides is 1. The summed E-state index contributed by atoms with van der Waals surface area (Å²) in [6.07, 6.45) is 0. The van der Waals surface area contributed by atoms with Gasteiger partial charge in [0.1, 0.15) is 5.82 Å². The molecule has 2 aromatic carbocycles. The van der Waals surface area contributed by atoms with E-state index in [0.29, 0.717) is 9.50 Å². The van der Waals surface area contributed by atoms with Gasteiger partial charge in [-0.2, -0.15) is 0 Å². The van der Waals surface area contributed by atoms with Crippen molar-refractivity contribution in [3.05, 3.63) is 57.3 Å². The summed E-state index contributed by atoms with van der Waals surface area (Å²) >= 11 is 8.96. The SMILES string of the molecule is Nc1cc(Cl)ccc1C(=O)Nc1cc(Br)ccc1F. The number of hydrogen-bond donors (Lipinski definition) is 2. The minimum absolute atomic E-state index is 0.0775. The van der Waals surface area contributed by atoms with Crippen LogP contribution in [-0.2, 0) is 0 Å². The standard InChI is InChI=1S/C13H9BrClFN2O/c14-7-1-4-10(16)12(5-7)18-13(19)9-3-2-8(15)6-11(9)17/h1-6H,17H2,(H,18,19). The summed E-state index contributed by atoms with van der Waals surface area (Å²) in [4.78, 5) is 12.0. The number of benzene rings is 2. The molecule has 0 unspecified atom stereocenters. The van der Waals surface area contributed by atoms with Crippen LogP contribution in [0.15, 0.2) is 40.9 Å². The van der Waals surface area contributed by atoms with Crippen molar-refractivity contribution in [3.8, 4) is 0 Å². The van der Waals surface area contributed by atoms with Crippen molar-refractivity contribution in [2.45, 2.75) is 0 Å². The molecule has 2 rings (SSSR count). The fourth-order valence-corrected chi connectivity index (χ4v) is 2.06. The van der Waals surface area contributed by atoms with E-state index in [0.717, 1.165) is 0 Å². The summed E-state index contributed by atoms with van der Waals surface area (Å²) in [5.41, 5.74) is 6.25. The summed E-state index contributed by atoms with van der Waals surface area (Å²) in [5, 5.41) is 2.89. The number of nitrogens with two attached hydrogens (primary N) is 1. The van der Waals surface area contributed by atoms with Gasteiger partial charge < -0.3 is 11.1 Å². The van der Waals surface area contributed by atoms with Gasteiger partial charge in [-0.1, -0.05) is 27.5 Å². The number of nitrogens with one attached hydrogen (secondary N) is 1. The van der Waals surface area contributed by atoms with E-state index in [4.69, 9.17) is 17.3 Å².